The van der Waals surface area contributed by atoms with Crippen LogP contribution >= 0.6 is 0 Å². The molecule has 1 unspecified atom stereocenters. The summed E-state index contributed by atoms with van der Waals surface area (Å²) in [5.74, 6) is -1.36. The molecule has 1 atom stereocenters. The highest BCUT2D eigenvalue weighted by Gasteiger charge is 2.15. The van der Waals surface area contributed by atoms with E-state index in [2.05, 4.69) is 0 Å². The first-order chi connectivity index (χ1) is 8.54. The smallest absolute Gasteiger partial charge is 0.131 e. The number of halogens is 2. The normalized spacial score (nSPS) is 13.0. The number of methoxy groups -OCH3 is 1. The van der Waals surface area contributed by atoms with Crippen molar-refractivity contribution in [2.45, 2.75) is 12.5 Å². The topological polar surface area (TPSA) is 32.7 Å². The quantitative estimate of drug-likeness (QED) is 0.760. The largest absolute Gasteiger partial charge is 0.387 e. The van der Waals surface area contributed by atoms with Crippen LogP contribution in [-0.2, 0) is 4.74 Å². The zero-order valence-electron chi connectivity index (χ0n) is 10.7. The lowest BCUT2D eigenvalue weighted by atomic mass is 10.1. The molecule has 1 aromatic rings. The molecule has 1 rings (SSSR count). The summed E-state index contributed by atoms with van der Waals surface area (Å²) >= 11 is 0. The SMILES string of the molecule is COCCCN(C)CC(O)c1ccc(F)cc1F. The first kappa shape index (κ1) is 15.0. The first-order valence-electron chi connectivity index (χ1n) is 5.85. The third-order valence-electron chi connectivity index (χ3n) is 2.69. The van der Waals surface area contributed by atoms with Crippen molar-refractivity contribution in [1.29, 1.82) is 0 Å². The second-order valence-corrected chi connectivity index (χ2v) is 4.29. The van der Waals surface area contributed by atoms with Crippen molar-refractivity contribution in [2.75, 3.05) is 33.9 Å². The zero-order valence-corrected chi connectivity index (χ0v) is 10.7. The molecule has 0 saturated heterocycles. The molecule has 1 aromatic carbocycles. The molecule has 0 heterocycles. The average molecular weight is 259 g/mol. The number of hydrogen-bond acceptors (Lipinski definition) is 3. The average Bonchev–Trinajstić information content (AvgIpc) is 2.28. The predicted octanol–water partition coefficient (Wildman–Crippen LogP) is 1.97. The lowest BCUT2D eigenvalue weighted by molar-refractivity contribution is 0.114. The first-order valence-corrected chi connectivity index (χ1v) is 5.85. The number of likely N-dealkylation sites (N-methyl/N-ethyl adjacent to an activating group) is 1. The molecule has 1 N–H and O–H groups in total. The maximum absolute atomic E-state index is 13.4. The van der Waals surface area contributed by atoms with Gasteiger partial charge in [0.25, 0.3) is 0 Å². The van der Waals surface area contributed by atoms with E-state index in [1.165, 1.54) is 6.07 Å². The molecule has 0 aromatic heterocycles. The van der Waals surface area contributed by atoms with Crippen LogP contribution in [0.3, 0.4) is 0 Å². The van der Waals surface area contributed by atoms with Crippen molar-refractivity contribution in [2.24, 2.45) is 0 Å². The van der Waals surface area contributed by atoms with E-state index in [9.17, 15) is 13.9 Å². The van der Waals surface area contributed by atoms with Crippen LogP contribution in [0.4, 0.5) is 8.78 Å². The van der Waals surface area contributed by atoms with E-state index in [1.807, 2.05) is 11.9 Å². The summed E-state index contributed by atoms with van der Waals surface area (Å²) in [5, 5.41) is 9.88. The fourth-order valence-corrected chi connectivity index (χ4v) is 1.74. The minimum Gasteiger partial charge on any atom is -0.387 e. The Hall–Kier alpha value is -1.04. The molecular formula is C13H19F2NO2. The van der Waals surface area contributed by atoms with Crippen LogP contribution in [0.25, 0.3) is 0 Å². The number of aliphatic hydroxyl groups is 1. The van der Waals surface area contributed by atoms with Crippen molar-refractivity contribution in [3.8, 4) is 0 Å². The Bertz CT molecular complexity index is 374. The third-order valence-corrected chi connectivity index (χ3v) is 2.69. The monoisotopic (exact) mass is 259 g/mol. The fraction of sp³-hybridized carbons (Fsp3) is 0.538. The minimum absolute atomic E-state index is 0.120. The van der Waals surface area contributed by atoms with Gasteiger partial charge in [-0.3, -0.25) is 0 Å². The Labute approximate surface area is 106 Å². The predicted molar refractivity (Wildman–Crippen MR) is 65.3 cm³/mol. The van der Waals surface area contributed by atoms with Crippen molar-refractivity contribution in [1.82, 2.24) is 4.90 Å². The van der Waals surface area contributed by atoms with Gasteiger partial charge in [0.15, 0.2) is 0 Å². The molecule has 0 aliphatic carbocycles. The summed E-state index contributed by atoms with van der Waals surface area (Å²) in [6.45, 7) is 1.69. The van der Waals surface area contributed by atoms with Crippen LogP contribution in [0.5, 0.6) is 0 Å². The van der Waals surface area contributed by atoms with Crippen LogP contribution in [0, 0.1) is 11.6 Å². The lowest BCUT2D eigenvalue weighted by Gasteiger charge is -2.20. The van der Waals surface area contributed by atoms with Gasteiger partial charge in [-0.25, -0.2) is 8.78 Å². The van der Waals surface area contributed by atoms with E-state index in [4.69, 9.17) is 4.74 Å². The molecule has 18 heavy (non-hydrogen) atoms. The van der Waals surface area contributed by atoms with Gasteiger partial charge in [-0.05, 0) is 19.5 Å². The Kier molecular flexibility index (Phi) is 6.18. The minimum atomic E-state index is -0.960. The van der Waals surface area contributed by atoms with Crippen molar-refractivity contribution < 1.29 is 18.6 Å². The van der Waals surface area contributed by atoms with Gasteiger partial charge in [-0.2, -0.15) is 0 Å². The summed E-state index contributed by atoms with van der Waals surface area (Å²) < 4.78 is 31.1. The molecule has 0 spiro atoms. The Morgan fingerprint density at radius 2 is 2.11 bits per heavy atom. The van der Waals surface area contributed by atoms with Crippen LogP contribution in [0.15, 0.2) is 18.2 Å². The molecule has 0 aliphatic rings. The van der Waals surface area contributed by atoms with E-state index < -0.39 is 17.7 Å². The highest BCUT2D eigenvalue weighted by Crippen LogP contribution is 2.18. The molecular weight excluding hydrogens is 240 g/mol. The number of rotatable bonds is 7. The van der Waals surface area contributed by atoms with Crippen molar-refractivity contribution >= 4 is 0 Å². The number of nitrogens with zero attached hydrogens (tertiary/aromatic N) is 1. The summed E-state index contributed by atoms with van der Waals surface area (Å²) in [5.41, 5.74) is 0.120. The summed E-state index contributed by atoms with van der Waals surface area (Å²) in [7, 11) is 3.46. The van der Waals surface area contributed by atoms with E-state index in [0.29, 0.717) is 13.2 Å². The van der Waals surface area contributed by atoms with Gasteiger partial charge in [-0.15, -0.1) is 0 Å². The van der Waals surface area contributed by atoms with E-state index in [-0.39, 0.29) is 5.56 Å². The van der Waals surface area contributed by atoms with Crippen LogP contribution < -0.4 is 0 Å². The van der Waals surface area contributed by atoms with Crippen LogP contribution in [-0.4, -0.2) is 43.9 Å². The zero-order chi connectivity index (χ0) is 13.5. The van der Waals surface area contributed by atoms with Gasteiger partial charge < -0.3 is 14.7 Å². The molecule has 3 nitrogen and oxygen atoms in total. The number of benzene rings is 1. The molecule has 0 bridgehead atoms. The van der Waals surface area contributed by atoms with Crippen molar-refractivity contribution in [3.05, 3.63) is 35.4 Å². The highest BCUT2D eigenvalue weighted by atomic mass is 19.1. The van der Waals surface area contributed by atoms with Gasteiger partial charge >= 0.3 is 0 Å². The molecule has 0 radical (unpaired) electrons. The molecule has 0 amide bonds. The van der Waals surface area contributed by atoms with E-state index in [1.54, 1.807) is 7.11 Å². The fourth-order valence-electron chi connectivity index (χ4n) is 1.74. The van der Waals surface area contributed by atoms with Gasteiger partial charge in [0, 0.05) is 38.4 Å². The molecule has 102 valence electrons. The van der Waals surface area contributed by atoms with E-state index >= 15 is 0 Å². The standard InChI is InChI=1S/C13H19F2NO2/c1-16(6-3-7-18-2)9-13(17)11-5-4-10(14)8-12(11)15/h4-5,8,13,17H,3,6-7,9H2,1-2H3. The maximum Gasteiger partial charge on any atom is 0.131 e. The van der Waals surface area contributed by atoms with Crippen LogP contribution in [0.2, 0.25) is 0 Å². The van der Waals surface area contributed by atoms with Gasteiger partial charge in [0.2, 0.25) is 0 Å². The molecule has 0 fully saturated rings. The van der Waals surface area contributed by atoms with Gasteiger partial charge in [-0.1, -0.05) is 6.07 Å². The number of aliphatic hydroxyl groups excluding tert-OH is 1. The van der Waals surface area contributed by atoms with Gasteiger partial charge in [0.05, 0.1) is 6.10 Å². The van der Waals surface area contributed by atoms with Crippen LogP contribution in [0.1, 0.15) is 18.1 Å². The van der Waals surface area contributed by atoms with Gasteiger partial charge in [0.1, 0.15) is 11.6 Å². The molecule has 0 aliphatic heterocycles. The maximum atomic E-state index is 13.4. The number of ether oxygens (including phenoxy) is 1. The highest BCUT2D eigenvalue weighted by molar-refractivity contribution is 5.21. The second kappa shape index (κ2) is 7.41. The summed E-state index contributed by atoms with van der Waals surface area (Å²) in [6.07, 6.45) is -0.121. The summed E-state index contributed by atoms with van der Waals surface area (Å²) in [6, 6.07) is 3.20. The number of hydrogen-bond donors (Lipinski definition) is 1. The molecule has 0 saturated carbocycles. The Balaban J connectivity index is 2.51. The summed E-state index contributed by atoms with van der Waals surface area (Å²) in [4.78, 5) is 1.88. The Morgan fingerprint density at radius 3 is 2.72 bits per heavy atom. The van der Waals surface area contributed by atoms with E-state index in [0.717, 1.165) is 25.1 Å². The third kappa shape index (κ3) is 4.68. The second-order valence-electron chi connectivity index (χ2n) is 4.29. The lowest BCUT2D eigenvalue weighted by Crippen LogP contribution is -2.26. The molecule has 5 heteroatoms. The van der Waals surface area contributed by atoms with Crippen molar-refractivity contribution in [3.63, 3.8) is 0 Å². The Morgan fingerprint density at radius 1 is 1.39 bits per heavy atom.